The number of rotatable bonds is 6. The fraction of sp³-hybridized carbons (Fsp3) is 0.267. The van der Waals surface area contributed by atoms with E-state index in [1.165, 1.54) is 4.88 Å². The molecule has 1 aromatic carbocycles. The van der Waals surface area contributed by atoms with Crippen molar-refractivity contribution in [2.75, 3.05) is 13.1 Å². The molecule has 0 saturated carbocycles. The van der Waals surface area contributed by atoms with Crippen LogP contribution in [0.1, 0.15) is 20.8 Å². The quantitative estimate of drug-likeness (QED) is 0.782. The molecule has 106 valence electrons. The number of hydrogen-bond acceptors (Lipinski definition) is 3. The summed E-state index contributed by atoms with van der Waals surface area (Å²) in [5.74, 6) is -0.0225. The molecule has 0 saturated heterocycles. The molecule has 5 heteroatoms. The van der Waals surface area contributed by atoms with Gasteiger partial charge < -0.3 is 10.6 Å². The van der Waals surface area contributed by atoms with Crippen LogP contribution in [0.4, 0.5) is 0 Å². The van der Waals surface area contributed by atoms with Crippen molar-refractivity contribution in [3.8, 4) is 0 Å². The van der Waals surface area contributed by atoms with E-state index >= 15 is 0 Å². The Labute approximate surface area is 131 Å². The van der Waals surface area contributed by atoms with Gasteiger partial charge in [-0.2, -0.15) is 0 Å². The third-order valence-corrected chi connectivity index (χ3v) is 4.45. The molecule has 0 spiro atoms. The third kappa shape index (κ3) is 4.74. The summed E-state index contributed by atoms with van der Waals surface area (Å²) in [6, 6.07) is 11.7. The molecule has 0 fully saturated rings. The van der Waals surface area contributed by atoms with Gasteiger partial charge in [0, 0.05) is 30.1 Å². The van der Waals surface area contributed by atoms with Crippen molar-refractivity contribution in [1.29, 1.82) is 0 Å². The molecule has 20 heavy (non-hydrogen) atoms. The SMILES string of the molecule is Cc1ccc(C(=O)NCCNCc2ccc(Br)s2)cc1. The molecular weight excluding hydrogens is 336 g/mol. The fourth-order valence-corrected chi connectivity index (χ4v) is 3.18. The Morgan fingerprint density at radius 2 is 1.90 bits per heavy atom. The molecule has 0 aliphatic heterocycles. The van der Waals surface area contributed by atoms with Crippen molar-refractivity contribution in [3.63, 3.8) is 0 Å². The number of benzene rings is 1. The summed E-state index contributed by atoms with van der Waals surface area (Å²) in [5.41, 5.74) is 1.86. The van der Waals surface area contributed by atoms with E-state index in [0.717, 1.165) is 22.4 Å². The van der Waals surface area contributed by atoms with Crippen LogP contribution < -0.4 is 10.6 Å². The van der Waals surface area contributed by atoms with E-state index in [1.54, 1.807) is 11.3 Å². The Morgan fingerprint density at radius 3 is 2.55 bits per heavy atom. The first-order valence-corrected chi connectivity index (χ1v) is 8.06. The molecule has 1 amide bonds. The van der Waals surface area contributed by atoms with Gasteiger partial charge in [-0.1, -0.05) is 17.7 Å². The molecule has 0 bridgehead atoms. The largest absolute Gasteiger partial charge is 0.351 e. The maximum atomic E-state index is 11.8. The highest BCUT2D eigenvalue weighted by molar-refractivity contribution is 9.11. The maximum absolute atomic E-state index is 11.8. The summed E-state index contributed by atoms with van der Waals surface area (Å²) in [5, 5.41) is 6.21. The Kier molecular flexibility index (Phi) is 5.76. The van der Waals surface area contributed by atoms with Crippen LogP contribution in [-0.2, 0) is 6.54 Å². The molecule has 0 aliphatic rings. The first kappa shape index (κ1) is 15.2. The van der Waals surface area contributed by atoms with Crippen molar-refractivity contribution in [2.45, 2.75) is 13.5 Å². The van der Waals surface area contributed by atoms with Gasteiger partial charge >= 0.3 is 0 Å². The first-order valence-electron chi connectivity index (χ1n) is 6.45. The minimum absolute atomic E-state index is 0.0225. The van der Waals surface area contributed by atoms with Crippen molar-refractivity contribution >= 4 is 33.2 Å². The molecule has 0 atom stereocenters. The normalized spacial score (nSPS) is 10.5. The maximum Gasteiger partial charge on any atom is 0.251 e. The molecule has 3 nitrogen and oxygen atoms in total. The lowest BCUT2D eigenvalue weighted by Gasteiger charge is -2.06. The van der Waals surface area contributed by atoms with Crippen molar-refractivity contribution < 1.29 is 4.79 Å². The number of aryl methyl sites for hydroxylation is 1. The molecule has 2 rings (SSSR count). The second-order valence-electron chi connectivity index (χ2n) is 4.50. The average Bonchev–Trinajstić information content (AvgIpc) is 2.84. The molecule has 1 heterocycles. The van der Waals surface area contributed by atoms with Crippen LogP contribution in [0.3, 0.4) is 0 Å². The van der Waals surface area contributed by atoms with E-state index in [1.807, 2.05) is 37.3 Å². The van der Waals surface area contributed by atoms with Gasteiger partial charge in [-0.15, -0.1) is 11.3 Å². The standard InChI is InChI=1S/C15H17BrN2OS/c1-11-2-4-12(5-3-11)15(19)18-9-8-17-10-13-6-7-14(16)20-13/h2-7,17H,8-10H2,1H3,(H,18,19). The zero-order valence-corrected chi connectivity index (χ0v) is 13.7. The van der Waals surface area contributed by atoms with E-state index in [9.17, 15) is 4.79 Å². The smallest absolute Gasteiger partial charge is 0.251 e. The number of nitrogens with one attached hydrogen (secondary N) is 2. The first-order chi connectivity index (χ1) is 9.65. The summed E-state index contributed by atoms with van der Waals surface area (Å²) in [6.07, 6.45) is 0. The van der Waals surface area contributed by atoms with Gasteiger partial charge in [0.25, 0.3) is 5.91 Å². The molecule has 2 aromatic rings. The second-order valence-corrected chi connectivity index (χ2v) is 7.05. The van der Waals surface area contributed by atoms with E-state index in [0.29, 0.717) is 12.1 Å². The van der Waals surface area contributed by atoms with Crippen molar-refractivity contribution in [3.05, 3.63) is 56.2 Å². The topological polar surface area (TPSA) is 41.1 Å². The van der Waals surface area contributed by atoms with Crippen LogP contribution in [0.2, 0.25) is 0 Å². The average molecular weight is 353 g/mol. The number of carbonyl (C=O) groups excluding carboxylic acids is 1. The number of amides is 1. The van der Waals surface area contributed by atoms with Crippen LogP contribution >= 0.6 is 27.3 Å². The van der Waals surface area contributed by atoms with Gasteiger partial charge in [0.1, 0.15) is 0 Å². The van der Waals surface area contributed by atoms with Crippen molar-refractivity contribution in [2.24, 2.45) is 0 Å². The van der Waals surface area contributed by atoms with Crippen LogP contribution in [-0.4, -0.2) is 19.0 Å². The summed E-state index contributed by atoms with van der Waals surface area (Å²) < 4.78 is 1.14. The van der Waals surface area contributed by atoms with Gasteiger partial charge in [0.2, 0.25) is 0 Å². The summed E-state index contributed by atoms with van der Waals surface area (Å²) >= 11 is 5.16. The zero-order chi connectivity index (χ0) is 14.4. The van der Waals surface area contributed by atoms with Crippen LogP contribution in [0.5, 0.6) is 0 Å². The molecule has 0 unspecified atom stereocenters. The van der Waals surface area contributed by atoms with Gasteiger partial charge in [-0.25, -0.2) is 0 Å². The molecule has 0 radical (unpaired) electrons. The Hall–Kier alpha value is -1.17. The minimum Gasteiger partial charge on any atom is -0.351 e. The lowest BCUT2D eigenvalue weighted by molar-refractivity contribution is 0.0954. The van der Waals surface area contributed by atoms with E-state index in [2.05, 4.69) is 32.6 Å². The highest BCUT2D eigenvalue weighted by Gasteiger charge is 2.03. The molecule has 2 N–H and O–H groups in total. The number of halogens is 1. The monoisotopic (exact) mass is 352 g/mol. The second kappa shape index (κ2) is 7.57. The predicted octanol–water partition coefficient (Wildman–Crippen LogP) is 3.34. The number of carbonyl (C=O) groups is 1. The Morgan fingerprint density at radius 1 is 1.15 bits per heavy atom. The van der Waals surface area contributed by atoms with E-state index in [-0.39, 0.29) is 5.91 Å². The summed E-state index contributed by atoms with van der Waals surface area (Å²) in [7, 11) is 0. The van der Waals surface area contributed by atoms with Crippen molar-refractivity contribution in [1.82, 2.24) is 10.6 Å². The van der Waals surface area contributed by atoms with Crippen LogP contribution in [0.15, 0.2) is 40.2 Å². The van der Waals surface area contributed by atoms with E-state index < -0.39 is 0 Å². The highest BCUT2D eigenvalue weighted by Crippen LogP contribution is 2.21. The fourth-order valence-electron chi connectivity index (χ4n) is 1.73. The van der Waals surface area contributed by atoms with Crippen LogP contribution in [0.25, 0.3) is 0 Å². The number of hydrogen-bond donors (Lipinski definition) is 2. The zero-order valence-electron chi connectivity index (χ0n) is 11.3. The Balaban J connectivity index is 1.65. The van der Waals surface area contributed by atoms with Crippen LogP contribution in [0, 0.1) is 6.92 Å². The number of thiophene rings is 1. The third-order valence-electron chi connectivity index (χ3n) is 2.83. The lowest BCUT2D eigenvalue weighted by Crippen LogP contribution is -2.31. The van der Waals surface area contributed by atoms with Gasteiger partial charge in [-0.05, 0) is 47.1 Å². The van der Waals surface area contributed by atoms with Gasteiger partial charge in [0.15, 0.2) is 0 Å². The van der Waals surface area contributed by atoms with E-state index in [4.69, 9.17) is 0 Å². The summed E-state index contributed by atoms with van der Waals surface area (Å²) in [4.78, 5) is 13.1. The highest BCUT2D eigenvalue weighted by atomic mass is 79.9. The predicted molar refractivity (Wildman–Crippen MR) is 87.2 cm³/mol. The minimum atomic E-state index is -0.0225. The molecular formula is C15H17BrN2OS. The molecule has 1 aromatic heterocycles. The summed E-state index contributed by atoms with van der Waals surface area (Å²) in [6.45, 7) is 4.22. The Bertz CT molecular complexity index is 566. The lowest BCUT2D eigenvalue weighted by atomic mass is 10.1. The molecule has 0 aliphatic carbocycles. The van der Waals surface area contributed by atoms with Gasteiger partial charge in [-0.3, -0.25) is 4.79 Å². The van der Waals surface area contributed by atoms with Gasteiger partial charge in [0.05, 0.1) is 3.79 Å².